The van der Waals surface area contributed by atoms with E-state index >= 15 is 0 Å². The largest absolute Gasteiger partial charge is 0.494 e. The zero-order valence-electron chi connectivity index (χ0n) is 15.2. The Morgan fingerprint density at radius 2 is 1.77 bits per heavy atom. The summed E-state index contributed by atoms with van der Waals surface area (Å²) in [5, 5.41) is 7.97. The van der Waals surface area contributed by atoms with Crippen molar-refractivity contribution >= 4 is 5.95 Å². The molecule has 1 aromatic heterocycles. The Kier molecular flexibility index (Phi) is 4.61. The van der Waals surface area contributed by atoms with Gasteiger partial charge in [0.1, 0.15) is 12.1 Å². The van der Waals surface area contributed by atoms with Crippen LogP contribution in [0, 0.1) is 0 Å². The topological polar surface area (TPSA) is 52.0 Å². The van der Waals surface area contributed by atoms with E-state index in [1.807, 2.05) is 23.7 Å². The third-order valence-electron chi connectivity index (χ3n) is 5.00. The van der Waals surface area contributed by atoms with Crippen molar-refractivity contribution in [1.82, 2.24) is 14.8 Å². The lowest BCUT2D eigenvalue weighted by Gasteiger charge is -2.32. The molecule has 134 valence electrons. The Morgan fingerprint density at radius 1 is 1.04 bits per heavy atom. The number of nitrogens with one attached hydrogen (secondary N) is 1. The van der Waals surface area contributed by atoms with Crippen LogP contribution in [0.15, 0.2) is 54.9 Å². The van der Waals surface area contributed by atoms with Gasteiger partial charge in [0.15, 0.2) is 0 Å². The number of aryl methyl sites for hydroxylation is 1. The SMILES string of the molecule is CCOc1ccc([C@H]2C[C@H](c3ccc(CC)cc3)Nc3ncnn32)cc1. The molecule has 3 aromatic rings. The predicted molar refractivity (Wildman–Crippen MR) is 103 cm³/mol. The lowest BCUT2D eigenvalue weighted by molar-refractivity contribution is 0.340. The van der Waals surface area contributed by atoms with E-state index in [9.17, 15) is 0 Å². The summed E-state index contributed by atoms with van der Waals surface area (Å²) in [6.07, 6.45) is 3.60. The molecular weight excluding hydrogens is 324 g/mol. The number of ether oxygens (including phenoxy) is 1. The minimum atomic E-state index is 0.153. The first-order valence-electron chi connectivity index (χ1n) is 9.26. The minimum absolute atomic E-state index is 0.153. The molecule has 0 radical (unpaired) electrons. The third-order valence-corrected chi connectivity index (χ3v) is 5.00. The van der Waals surface area contributed by atoms with Crippen LogP contribution in [0.25, 0.3) is 0 Å². The number of hydrogen-bond donors (Lipinski definition) is 1. The number of hydrogen-bond acceptors (Lipinski definition) is 4. The monoisotopic (exact) mass is 348 g/mol. The Bertz CT molecular complexity index is 854. The van der Waals surface area contributed by atoms with Gasteiger partial charge in [-0.3, -0.25) is 0 Å². The van der Waals surface area contributed by atoms with Crippen LogP contribution in [0.1, 0.15) is 49.0 Å². The fraction of sp³-hybridized carbons (Fsp3) is 0.333. The molecule has 2 atom stereocenters. The predicted octanol–water partition coefficient (Wildman–Crippen LogP) is 4.39. The summed E-state index contributed by atoms with van der Waals surface area (Å²) in [6.45, 7) is 4.85. The van der Waals surface area contributed by atoms with Gasteiger partial charge in [-0.1, -0.05) is 43.3 Å². The van der Waals surface area contributed by atoms with Gasteiger partial charge in [-0.05, 0) is 48.6 Å². The summed E-state index contributed by atoms with van der Waals surface area (Å²) in [5.41, 5.74) is 3.86. The quantitative estimate of drug-likeness (QED) is 0.743. The van der Waals surface area contributed by atoms with Crippen LogP contribution >= 0.6 is 0 Å². The average molecular weight is 348 g/mol. The zero-order valence-corrected chi connectivity index (χ0v) is 15.2. The Hall–Kier alpha value is -2.82. The number of benzene rings is 2. The van der Waals surface area contributed by atoms with Crippen molar-refractivity contribution < 1.29 is 4.74 Å². The number of aromatic nitrogens is 3. The zero-order chi connectivity index (χ0) is 17.9. The molecule has 0 saturated carbocycles. The maximum Gasteiger partial charge on any atom is 0.222 e. The number of rotatable bonds is 5. The van der Waals surface area contributed by atoms with Crippen LogP contribution < -0.4 is 10.1 Å². The highest BCUT2D eigenvalue weighted by atomic mass is 16.5. The summed E-state index contributed by atoms with van der Waals surface area (Å²) >= 11 is 0. The molecule has 2 aromatic carbocycles. The van der Waals surface area contributed by atoms with E-state index in [-0.39, 0.29) is 12.1 Å². The van der Waals surface area contributed by atoms with E-state index in [1.165, 1.54) is 16.7 Å². The molecule has 0 amide bonds. The summed E-state index contributed by atoms with van der Waals surface area (Å²) in [7, 11) is 0. The Balaban J connectivity index is 1.63. The fourth-order valence-electron chi connectivity index (χ4n) is 3.55. The molecule has 26 heavy (non-hydrogen) atoms. The molecule has 0 spiro atoms. The summed E-state index contributed by atoms with van der Waals surface area (Å²) < 4.78 is 7.55. The number of fused-ring (bicyclic) bond motifs is 1. The highest BCUT2D eigenvalue weighted by molar-refractivity contribution is 5.39. The van der Waals surface area contributed by atoms with Gasteiger partial charge in [0.05, 0.1) is 18.7 Å². The first kappa shape index (κ1) is 16.6. The number of anilines is 1. The average Bonchev–Trinajstić information content (AvgIpc) is 3.17. The van der Waals surface area contributed by atoms with E-state index in [1.54, 1.807) is 6.33 Å². The molecule has 5 heteroatoms. The maximum absolute atomic E-state index is 5.57. The van der Waals surface area contributed by atoms with Crippen molar-refractivity contribution in [3.8, 4) is 5.75 Å². The van der Waals surface area contributed by atoms with Crippen molar-refractivity contribution in [2.24, 2.45) is 0 Å². The lowest BCUT2D eigenvalue weighted by atomic mass is 9.93. The lowest BCUT2D eigenvalue weighted by Crippen LogP contribution is -2.28. The molecule has 5 nitrogen and oxygen atoms in total. The summed E-state index contributed by atoms with van der Waals surface area (Å²) in [4.78, 5) is 4.41. The maximum atomic E-state index is 5.57. The molecule has 1 aliphatic rings. The standard InChI is InChI=1S/C21H24N4O/c1-3-15-5-7-16(8-6-15)19-13-20(25-21(24-19)22-14-23-25)17-9-11-18(12-10-17)26-4-2/h5-12,14,19-20H,3-4,13H2,1-2H3,(H,22,23,24)/t19-,20-/m1/s1. The van der Waals surface area contributed by atoms with Crippen molar-refractivity contribution in [1.29, 1.82) is 0 Å². The molecule has 4 rings (SSSR count). The third kappa shape index (κ3) is 3.17. The second kappa shape index (κ2) is 7.20. The second-order valence-corrected chi connectivity index (χ2v) is 6.57. The fourth-order valence-corrected chi connectivity index (χ4v) is 3.55. The van der Waals surface area contributed by atoms with Crippen molar-refractivity contribution in [3.05, 3.63) is 71.5 Å². The van der Waals surface area contributed by atoms with Crippen molar-refractivity contribution in [2.45, 2.75) is 38.8 Å². The molecule has 1 aliphatic heterocycles. The highest BCUT2D eigenvalue weighted by Crippen LogP contribution is 2.37. The highest BCUT2D eigenvalue weighted by Gasteiger charge is 2.29. The molecule has 0 aliphatic carbocycles. The van der Waals surface area contributed by atoms with E-state index in [2.05, 4.69) is 58.7 Å². The van der Waals surface area contributed by atoms with Gasteiger partial charge in [0.2, 0.25) is 5.95 Å². The number of nitrogens with zero attached hydrogens (tertiary/aromatic N) is 3. The van der Waals surface area contributed by atoms with Crippen LogP contribution in [-0.4, -0.2) is 21.4 Å². The van der Waals surface area contributed by atoms with Crippen LogP contribution in [0.3, 0.4) is 0 Å². The Morgan fingerprint density at radius 3 is 2.46 bits per heavy atom. The van der Waals surface area contributed by atoms with E-state index in [4.69, 9.17) is 4.74 Å². The molecule has 2 heterocycles. The second-order valence-electron chi connectivity index (χ2n) is 6.57. The molecule has 0 fully saturated rings. The van der Waals surface area contributed by atoms with Crippen LogP contribution in [0.2, 0.25) is 0 Å². The van der Waals surface area contributed by atoms with Crippen molar-refractivity contribution in [2.75, 3.05) is 11.9 Å². The van der Waals surface area contributed by atoms with Crippen LogP contribution in [0.5, 0.6) is 5.75 Å². The first-order chi connectivity index (χ1) is 12.8. The minimum Gasteiger partial charge on any atom is -0.494 e. The van der Waals surface area contributed by atoms with Gasteiger partial charge in [0.25, 0.3) is 0 Å². The van der Waals surface area contributed by atoms with E-state index in [0.29, 0.717) is 6.61 Å². The van der Waals surface area contributed by atoms with Crippen molar-refractivity contribution in [3.63, 3.8) is 0 Å². The molecule has 0 saturated heterocycles. The van der Waals surface area contributed by atoms with E-state index < -0.39 is 0 Å². The van der Waals surface area contributed by atoms with Gasteiger partial charge >= 0.3 is 0 Å². The Labute approximate surface area is 154 Å². The van der Waals surface area contributed by atoms with E-state index in [0.717, 1.165) is 24.5 Å². The molecule has 1 N–H and O–H groups in total. The van der Waals surface area contributed by atoms with Gasteiger partial charge in [-0.15, -0.1) is 0 Å². The summed E-state index contributed by atoms with van der Waals surface area (Å²) in [5.74, 6) is 1.72. The van der Waals surface area contributed by atoms with Gasteiger partial charge in [-0.25, -0.2) is 4.68 Å². The molecule has 0 unspecified atom stereocenters. The smallest absolute Gasteiger partial charge is 0.222 e. The normalized spacial score (nSPS) is 18.8. The van der Waals surface area contributed by atoms with Gasteiger partial charge < -0.3 is 10.1 Å². The summed E-state index contributed by atoms with van der Waals surface area (Å²) in [6, 6.07) is 17.5. The van der Waals surface area contributed by atoms with Gasteiger partial charge in [0, 0.05) is 0 Å². The van der Waals surface area contributed by atoms with Gasteiger partial charge in [-0.2, -0.15) is 10.1 Å². The first-order valence-corrected chi connectivity index (χ1v) is 9.26. The van der Waals surface area contributed by atoms with Crippen LogP contribution in [-0.2, 0) is 6.42 Å². The molecule has 0 bridgehead atoms. The van der Waals surface area contributed by atoms with Crippen LogP contribution in [0.4, 0.5) is 5.95 Å². The molecular formula is C21H24N4O.